The third-order valence-corrected chi connectivity index (χ3v) is 3.62. The van der Waals surface area contributed by atoms with Crippen LogP contribution in [-0.2, 0) is 0 Å². The van der Waals surface area contributed by atoms with E-state index in [1.807, 2.05) is 24.4 Å². The van der Waals surface area contributed by atoms with E-state index in [1.54, 1.807) is 0 Å². The summed E-state index contributed by atoms with van der Waals surface area (Å²) in [6.07, 6.45) is 5.05. The summed E-state index contributed by atoms with van der Waals surface area (Å²) in [6, 6.07) is 5.60. The number of Topliss-reactive ketones (excluding diaryl/α,β-unsaturated/α-hetero) is 1. The molecule has 1 aromatic heterocycles. The lowest BCUT2D eigenvalue weighted by Gasteiger charge is -2.23. The highest BCUT2D eigenvalue weighted by molar-refractivity contribution is 6.31. The largest absolute Gasteiger partial charge is 0.360 e. The maximum atomic E-state index is 12.2. The van der Waals surface area contributed by atoms with Crippen LogP contribution in [0.5, 0.6) is 0 Å². The minimum absolute atomic E-state index is 0.234. The molecule has 2 nitrogen and oxygen atoms in total. The second-order valence-corrected chi connectivity index (χ2v) is 4.82. The summed E-state index contributed by atoms with van der Waals surface area (Å²) in [6.45, 7) is 0. The summed E-state index contributed by atoms with van der Waals surface area (Å²) >= 11 is 5.95. The van der Waals surface area contributed by atoms with Gasteiger partial charge in [0, 0.05) is 33.6 Å². The number of ketones is 1. The van der Waals surface area contributed by atoms with E-state index in [4.69, 9.17) is 11.6 Å². The van der Waals surface area contributed by atoms with Crippen LogP contribution in [0.15, 0.2) is 24.4 Å². The van der Waals surface area contributed by atoms with Crippen molar-refractivity contribution in [3.05, 3.63) is 35.0 Å². The molecule has 0 amide bonds. The Morgan fingerprint density at radius 2 is 2.19 bits per heavy atom. The van der Waals surface area contributed by atoms with Crippen LogP contribution in [0.25, 0.3) is 10.9 Å². The molecule has 1 N–H and O–H groups in total. The number of fused-ring (bicyclic) bond motifs is 1. The molecule has 0 unspecified atom stereocenters. The van der Waals surface area contributed by atoms with Gasteiger partial charge in [-0.3, -0.25) is 4.79 Å². The minimum Gasteiger partial charge on any atom is -0.360 e. The number of hydrogen-bond donors (Lipinski definition) is 1. The Labute approximate surface area is 98.6 Å². The molecular weight excluding hydrogens is 222 g/mol. The number of aromatic amines is 1. The van der Waals surface area contributed by atoms with E-state index in [-0.39, 0.29) is 11.7 Å². The number of benzene rings is 1. The number of aromatic nitrogens is 1. The molecule has 16 heavy (non-hydrogen) atoms. The summed E-state index contributed by atoms with van der Waals surface area (Å²) in [4.78, 5) is 15.3. The molecule has 0 atom stereocenters. The summed E-state index contributed by atoms with van der Waals surface area (Å²) in [5, 5.41) is 1.62. The third-order valence-electron chi connectivity index (χ3n) is 3.39. The monoisotopic (exact) mass is 233 g/mol. The molecule has 0 spiro atoms. The van der Waals surface area contributed by atoms with Crippen LogP contribution < -0.4 is 0 Å². The van der Waals surface area contributed by atoms with Gasteiger partial charge in [0.1, 0.15) is 0 Å². The highest BCUT2D eigenvalue weighted by atomic mass is 35.5. The van der Waals surface area contributed by atoms with E-state index < -0.39 is 0 Å². The molecule has 1 aromatic carbocycles. The van der Waals surface area contributed by atoms with Crippen molar-refractivity contribution in [1.29, 1.82) is 0 Å². The van der Waals surface area contributed by atoms with Crippen molar-refractivity contribution in [2.24, 2.45) is 5.92 Å². The number of carbonyl (C=O) groups excluding carboxylic acids is 1. The molecule has 1 heterocycles. The number of H-pyrrole nitrogens is 1. The lowest BCUT2D eigenvalue weighted by Crippen LogP contribution is -2.21. The van der Waals surface area contributed by atoms with E-state index in [0.29, 0.717) is 5.02 Å². The molecule has 0 aliphatic heterocycles. The molecular formula is C13H12ClNO. The molecule has 0 bridgehead atoms. The molecule has 2 aromatic rings. The van der Waals surface area contributed by atoms with Crippen molar-refractivity contribution in [3.8, 4) is 0 Å². The van der Waals surface area contributed by atoms with Gasteiger partial charge in [-0.25, -0.2) is 0 Å². The van der Waals surface area contributed by atoms with Gasteiger partial charge >= 0.3 is 0 Å². The Hall–Kier alpha value is -1.28. The first kappa shape index (κ1) is 9.91. The second kappa shape index (κ2) is 3.63. The fraction of sp³-hybridized carbons (Fsp3) is 0.308. The normalized spacial score (nSPS) is 16.3. The average molecular weight is 234 g/mol. The van der Waals surface area contributed by atoms with Gasteiger partial charge < -0.3 is 4.98 Å². The molecule has 0 saturated heterocycles. The van der Waals surface area contributed by atoms with E-state index in [9.17, 15) is 4.79 Å². The van der Waals surface area contributed by atoms with Crippen LogP contribution in [-0.4, -0.2) is 10.8 Å². The Kier molecular flexibility index (Phi) is 2.25. The quantitative estimate of drug-likeness (QED) is 0.787. The fourth-order valence-corrected chi connectivity index (χ4v) is 2.36. The number of halogens is 1. The average Bonchev–Trinajstić information content (AvgIpc) is 2.57. The third kappa shape index (κ3) is 1.45. The number of rotatable bonds is 2. The maximum absolute atomic E-state index is 12.2. The molecule has 3 heteroatoms. The Balaban J connectivity index is 2.08. The van der Waals surface area contributed by atoms with Gasteiger partial charge in [-0.05, 0) is 31.0 Å². The van der Waals surface area contributed by atoms with Gasteiger partial charge in [0.15, 0.2) is 5.78 Å². The number of carbonyl (C=O) groups is 1. The van der Waals surface area contributed by atoms with Crippen LogP contribution in [0, 0.1) is 5.92 Å². The topological polar surface area (TPSA) is 32.9 Å². The van der Waals surface area contributed by atoms with Crippen LogP contribution in [0.4, 0.5) is 0 Å². The van der Waals surface area contributed by atoms with E-state index in [1.165, 1.54) is 6.42 Å². The van der Waals surface area contributed by atoms with Crippen LogP contribution >= 0.6 is 11.6 Å². The molecule has 1 saturated carbocycles. The number of hydrogen-bond acceptors (Lipinski definition) is 1. The van der Waals surface area contributed by atoms with Crippen molar-refractivity contribution in [2.75, 3.05) is 0 Å². The Bertz CT molecular complexity index is 554. The van der Waals surface area contributed by atoms with E-state index in [0.717, 1.165) is 29.3 Å². The zero-order chi connectivity index (χ0) is 11.1. The van der Waals surface area contributed by atoms with Gasteiger partial charge in [0.2, 0.25) is 0 Å². The van der Waals surface area contributed by atoms with E-state index in [2.05, 4.69) is 4.98 Å². The maximum Gasteiger partial charge on any atom is 0.168 e. The summed E-state index contributed by atoms with van der Waals surface area (Å²) in [5.74, 6) is 0.498. The summed E-state index contributed by atoms with van der Waals surface area (Å²) in [7, 11) is 0. The van der Waals surface area contributed by atoms with Gasteiger partial charge in [-0.2, -0.15) is 0 Å². The first-order chi connectivity index (χ1) is 7.75. The van der Waals surface area contributed by atoms with Crippen molar-refractivity contribution in [3.63, 3.8) is 0 Å². The fourth-order valence-electron chi connectivity index (χ4n) is 2.19. The van der Waals surface area contributed by atoms with Gasteiger partial charge in [-0.15, -0.1) is 0 Å². The molecule has 1 fully saturated rings. The second-order valence-electron chi connectivity index (χ2n) is 4.38. The predicted octanol–water partition coefficient (Wildman–Crippen LogP) is 3.80. The molecule has 0 radical (unpaired) electrons. The zero-order valence-corrected chi connectivity index (χ0v) is 9.55. The van der Waals surface area contributed by atoms with Crippen LogP contribution in [0.3, 0.4) is 0 Å². The summed E-state index contributed by atoms with van der Waals surface area (Å²) in [5.41, 5.74) is 1.77. The van der Waals surface area contributed by atoms with Crippen molar-refractivity contribution < 1.29 is 4.79 Å². The van der Waals surface area contributed by atoms with Crippen LogP contribution in [0.2, 0.25) is 5.02 Å². The Morgan fingerprint density at radius 1 is 1.38 bits per heavy atom. The first-order valence-corrected chi connectivity index (χ1v) is 5.94. The number of nitrogens with one attached hydrogen (secondary N) is 1. The van der Waals surface area contributed by atoms with E-state index >= 15 is 0 Å². The van der Waals surface area contributed by atoms with Gasteiger partial charge in [0.25, 0.3) is 0 Å². The molecule has 1 aliphatic carbocycles. The smallest absolute Gasteiger partial charge is 0.168 e. The molecule has 3 rings (SSSR count). The first-order valence-electron chi connectivity index (χ1n) is 5.56. The Morgan fingerprint density at radius 3 is 2.88 bits per heavy atom. The van der Waals surface area contributed by atoms with Crippen molar-refractivity contribution >= 4 is 28.3 Å². The zero-order valence-electron chi connectivity index (χ0n) is 8.79. The molecule has 1 aliphatic rings. The SMILES string of the molecule is O=C(c1c[nH]c2ccc(Cl)cc12)C1CCC1. The minimum atomic E-state index is 0.234. The van der Waals surface area contributed by atoms with Crippen molar-refractivity contribution in [2.45, 2.75) is 19.3 Å². The standard InChI is InChI=1S/C13H12ClNO/c14-9-4-5-12-10(6-9)11(7-15-12)13(16)8-2-1-3-8/h4-8,15H,1-3H2. The van der Waals surface area contributed by atoms with Crippen LogP contribution in [0.1, 0.15) is 29.6 Å². The summed E-state index contributed by atoms with van der Waals surface area (Å²) < 4.78 is 0. The van der Waals surface area contributed by atoms with Gasteiger partial charge in [-0.1, -0.05) is 18.0 Å². The van der Waals surface area contributed by atoms with Crippen molar-refractivity contribution in [1.82, 2.24) is 4.98 Å². The highest BCUT2D eigenvalue weighted by Crippen LogP contribution is 2.32. The highest BCUT2D eigenvalue weighted by Gasteiger charge is 2.27. The lowest BCUT2D eigenvalue weighted by atomic mass is 9.80. The van der Waals surface area contributed by atoms with Gasteiger partial charge in [0.05, 0.1) is 0 Å². The predicted molar refractivity (Wildman–Crippen MR) is 65.0 cm³/mol. The molecule has 82 valence electrons. The lowest BCUT2D eigenvalue weighted by molar-refractivity contribution is 0.0857.